The average Bonchev–Trinajstić information content (AvgIpc) is 3.00. The van der Waals surface area contributed by atoms with Crippen molar-refractivity contribution in [3.63, 3.8) is 0 Å². The summed E-state index contributed by atoms with van der Waals surface area (Å²) in [6, 6.07) is 8.50. The second-order valence-corrected chi connectivity index (χ2v) is 5.70. The van der Waals surface area contributed by atoms with Gasteiger partial charge in [0.1, 0.15) is 5.82 Å². The third-order valence-corrected chi connectivity index (χ3v) is 4.09. The molecule has 2 heterocycles. The Morgan fingerprint density at radius 1 is 1.33 bits per heavy atom. The maximum Gasteiger partial charge on any atom is 0.136 e. The lowest BCUT2D eigenvalue weighted by Crippen LogP contribution is -2.29. The zero-order valence-electron chi connectivity index (χ0n) is 12.8. The van der Waals surface area contributed by atoms with Gasteiger partial charge in [-0.1, -0.05) is 24.3 Å². The van der Waals surface area contributed by atoms with Gasteiger partial charge in [0.05, 0.1) is 6.10 Å². The molecule has 1 aliphatic rings. The predicted octanol–water partition coefficient (Wildman–Crippen LogP) is 2.57. The molecule has 1 aromatic carbocycles. The summed E-state index contributed by atoms with van der Waals surface area (Å²) in [5.41, 5.74) is 1.24. The summed E-state index contributed by atoms with van der Waals surface area (Å²) in [4.78, 5) is 6.92. The van der Waals surface area contributed by atoms with E-state index in [4.69, 9.17) is 9.72 Å². The molecular formula is C17H23N3O. The molecule has 112 valence electrons. The maximum atomic E-state index is 5.74. The molecule has 2 aromatic rings. The van der Waals surface area contributed by atoms with Gasteiger partial charge in [-0.3, -0.25) is 0 Å². The molecule has 1 aromatic heterocycles. The quantitative estimate of drug-likeness (QED) is 0.916. The molecule has 1 saturated heterocycles. The molecule has 0 spiro atoms. The van der Waals surface area contributed by atoms with E-state index >= 15 is 0 Å². The summed E-state index contributed by atoms with van der Waals surface area (Å²) in [6.45, 7) is 2.64. The Morgan fingerprint density at radius 3 is 2.86 bits per heavy atom. The molecule has 21 heavy (non-hydrogen) atoms. The first-order chi connectivity index (χ1) is 10.3. The highest BCUT2D eigenvalue weighted by molar-refractivity contribution is 5.94. The van der Waals surface area contributed by atoms with E-state index in [0.29, 0.717) is 6.10 Å². The Labute approximate surface area is 126 Å². The van der Waals surface area contributed by atoms with Crippen molar-refractivity contribution in [2.24, 2.45) is 0 Å². The van der Waals surface area contributed by atoms with Crippen molar-refractivity contribution < 1.29 is 4.74 Å². The number of benzene rings is 1. The minimum absolute atomic E-state index is 0.340. The molecular weight excluding hydrogens is 262 g/mol. The van der Waals surface area contributed by atoms with Crippen LogP contribution in [-0.4, -0.2) is 38.3 Å². The zero-order chi connectivity index (χ0) is 14.7. The molecule has 0 bridgehead atoms. The number of nitrogens with one attached hydrogen (secondary N) is 1. The lowest BCUT2D eigenvalue weighted by molar-refractivity contribution is 0.116. The second kappa shape index (κ2) is 6.41. The van der Waals surface area contributed by atoms with Crippen molar-refractivity contribution in [2.45, 2.75) is 25.5 Å². The molecule has 4 nitrogen and oxygen atoms in total. The van der Waals surface area contributed by atoms with Crippen LogP contribution in [0.4, 0.5) is 5.82 Å². The predicted molar refractivity (Wildman–Crippen MR) is 86.8 cm³/mol. The zero-order valence-corrected chi connectivity index (χ0v) is 12.8. The van der Waals surface area contributed by atoms with Crippen molar-refractivity contribution in [1.29, 1.82) is 0 Å². The van der Waals surface area contributed by atoms with Gasteiger partial charge in [-0.15, -0.1) is 0 Å². The Bertz CT molecular complexity index is 608. The van der Waals surface area contributed by atoms with E-state index in [0.717, 1.165) is 31.9 Å². The molecule has 0 saturated carbocycles. The largest absolute Gasteiger partial charge is 0.376 e. The van der Waals surface area contributed by atoms with Gasteiger partial charge in [0.2, 0.25) is 0 Å². The Hall–Kier alpha value is -1.65. The maximum absolute atomic E-state index is 5.74. The first-order valence-corrected chi connectivity index (χ1v) is 7.63. The van der Waals surface area contributed by atoms with Gasteiger partial charge in [0.15, 0.2) is 0 Å². The van der Waals surface area contributed by atoms with Crippen LogP contribution >= 0.6 is 0 Å². The van der Waals surface area contributed by atoms with Crippen molar-refractivity contribution in [1.82, 2.24) is 10.3 Å². The fourth-order valence-electron chi connectivity index (χ4n) is 3.05. The third-order valence-electron chi connectivity index (χ3n) is 4.09. The summed E-state index contributed by atoms with van der Waals surface area (Å²) in [5, 5.41) is 5.70. The van der Waals surface area contributed by atoms with E-state index in [1.165, 1.54) is 22.8 Å². The van der Waals surface area contributed by atoms with E-state index < -0.39 is 0 Å². The molecule has 1 N–H and O–H groups in total. The van der Waals surface area contributed by atoms with E-state index in [1.54, 1.807) is 0 Å². The van der Waals surface area contributed by atoms with Crippen molar-refractivity contribution in [2.75, 3.05) is 32.1 Å². The van der Waals surface area contributed by atoms with Crippen LogP contribution in [0.2, 0.25) is 0 Å². The number of nitrogens with zero attached hydrogens (tertiary/aromatic N) is 2. The second-order valence-electron chi connectivity index (χ2n) is 5.70. The van der Waals surface area contributed by atoms with Crippen LogP contribution in [0.3, 0.4) is 0 Å². The lowest BCUT2D eigenvalue weighted by atomic mass is 10.1. The summed E-state index contributed by atoms with van der Waals surface area (Å²) < 4.78 is 5.74. The van der Waals surface area contributed by atoms with Gasteiger partial charge < -0.3 is 15.0 Å². The number of pyridine rings is 1. The first kappa shape index (κ1) is 14.3. The SMILES string of the molecule is CNCc1cnc(N(C)CC2CCCO2)c2ccccc12. The molecule has 0 amide bonds. The molecule has 1 fully saturated rings. The highest BCUT2D eigenvalue weighted by atomic mass is 16.5. The van der Waals surface area contributed by atoms with E-state index in [1.807, 2.05) is 13.2 Å². The number of hydrogen-bond acceptors (Lipinski definition) is 4. The molecule has 4 heteroatoms. The van der Waals surface area contributed by atoms with Crippen LogP contribution in [0.5, 0.6) is 0 Å². The third kappa shape index (κ3) is 3.01. The highest BCUT2D eigenvalue weighted by Gasteiger charge is 2.19. The summed E-state index contributed by atoms with van der Waals surface area (Å²) in [7, 11) is 4.07. The fraction of sp³-hybridized carbons (Fsp3) is 0.471. The van der Waals surface area contributed by atoms with Gasteiger partial charge in [-0.05, 0) is 30.8 Å². The Morgan fingerprint density at radius 2 is 2.14 bits per heavy atom. The number of fused-ring (bicyclic) bond motifs is 1. The highest BCUT2D eigenvalue weighted by Crippen LogP contribution is 2.27. The van der Waals surface area contributed by atoms with E-state index in [9.17, 15) is 0 Å². The van der Waals surface area contributed by atoms with Crippen LogP contribution < -0.4 is 10.2 Å². The van der Waals surface area contributed by atoms with E-state index in [2.05, 4.69) is 41.5 Å². The molecule has 3 rings (SSSR count). The Kier molecular flexibility index (Phi) is 4.36. The van der Waals surface area contributed by atoms with E-state index in [-0.39, 0.29) is 0 Å². The molecule has 1 unspecified atom stereocenters. The standard InChI is InChI=1S/C17H23N3O/c1-18-10-13-11-19-17(16-8-4-3-7-15(13)16)20(2)12-14-6-5-9-21-14/h3-4,7-8,11,14,18H,5-6,9-10,12H2,1-2H3. The van der Waals surface area contributed by atoms with Crippen molar-refractivity contribution >= 4 is 16.6 Å². The molecule has 1 aliphatic heterocycles. The number of likely N-dealkylation sites (N-methyl/N-ethyl adjacent to an activating group) is 1. The van der Waals surface area contributed by atoms with Gasteiger partial charge in [-0.2, -0.15) is 0 Å². The normalized spacial score (nSPS) is 18.3. The number of aromatic nitrogens is 1. The number of anilines is 1. The fourth-order valence-corrected chi connectivity index (χ4v) is 3.05. The van der Waals surface area contributed by atoms with Gasteiger partial charge >= 0.3 is 0 Å². The monoisotopic (exact) mass is 285 g/mol. The molecule has 0 aliphatic carbocycles. The van der Waals surface area contributed by atoms with Crippen LogP contribution in [0.15, 0.2) is 30.5 Å². The average molecular weight is 285 g/mol. The minimum Gasteiger partial charge on any atom is -0.376 e. The first-order valence-electron chi connectivity index (χ1n) is 7.63. The van der Waals surface area contributed by atoms with Crippen molar-refractivity contribution in [3.05, 3.63) is 36.0 Å². The van der Waals surface area contributed by atoms with Gasteiger partial charge in [0.25, 0.3) is 0 Å². The number of rotatable bonds is 5. The van der Waals surface area contributed by atoms with Crippen LogP contribution in [0.25, 0.3) is 10.8 Å². The van der Waals surface area contributed by atoms with Crippen LogP contribution in [0.1, 0.15) is 18.4 Å². The van der Waals surface area contributed by atoms with Crippen molar-refractivity contribution in [3.8, 4) is 0 Å². The van der Waals surface area contributed by atoms with Crippen LogP contribution in [-0.2, 0) is 11.3 Å². The summed E-state index contributed by atoms with van der Waals surface area (Å²) in [5.74, 6) is 1.04. The Balaban J connectivity index is 1.92. The summed E-state index contributed by atoms with van der Waals surface area (Å²) >= 11 is 0. The number of ether oxygens (including phenoxy) is 1. The lowest BCUT2D eigenvalue weighted by Gasteiger charge is -2.23. The van der Waals surface area contributed by atoms with Crippen LogP contribution in [0, 0.1) is 0 Å². The van der Waals surface area contributed by atoms with Gasteiger partial charge in [0, 0.05) is 38.3 Å². The molecule has 1 atom stereocenters. The molecule has 0 radical (unpaired) electrons. The minimum atomic E-state index is 0.340. The summed E-state index contributed by atoms with van der Waals surface area (Å²) in [6.07, 6.45) is 4.65. The smallest absolute Gasteiger partial charge is 0.136 e. The number of hydrogen-bond donors (Lipinski definition) is 1. The van der Waals surface area contributed by atoms with Gasteiger partial charge in [-0.25, -0.2) is 4.98 Å². The topological polar surface area (TPSA) is 37.4 Å².